The van der Waals surface area contributed by atoms with Crippen LogP contribution < -0.4 is 5.56 Å². The fourth-order valence-corrected chi connectivity index (χ4v) is 2.25. The minimum absolute atomic E-state index is 0.365. The van der Waals surface area contributed by atoms with Crippen molar-refractivity contribution in [1.82, 2.24) is 19.2 Å². The Labute approximate surface area is 122 Å². The minimum Gasteiger partial charge on any atom is -0.279 e. The van der Waals surface area contributed by atoms with Gasteiger partial charge in [0.25, 0.3) is 0 Å². The molecule has 0 aliphatic rings. The largest absolute Gasteiger partial charge is 0.452 e. The maximum absolute atomic E-state index is 12.8. The topological polar surface area (TPSA) is 52.2 Å². The highest BCUT2D eigenvalue weighted by Crippen LogP contribution is 2.27. The van der Waals surface area contributed by atoms with Crippen LogP contribution in [0.15, 0.2) is 35.4 Å². The van der Waals surface area contributed by atoms with Crippen LogP contribution in [0.1, 0.15) is 17.0 Å². The van der Waals surface area contributed by atoms with Gasteiger partial charge in [0.05, 0.1) is 5.69 Å². The molecule has 0 atom stereocenters. The molecule has 0 aliphatic carbocycles. The van der Waals surface area contributed by atoms with E-state index in [4.69, 9.17) is 0 Å². The van der Waals surface area contributed by atoms with Gasteiger partial charge in [-0.15, -0.1) is 10.2 Å². The molecule has 2 aromatic heterocycles. The normalized spacial score (nSPS) is 12.0. The molecular weight excluding hydrogens is 297 g/mol. The number of benzene rings is 1. The number of alkyl halides is 3. The standard InChI is InChI=1S/C14H11F3N4O/c1-8-3-4-9(2)10(7-8)20-5-6-21-11(12(20)22)18-19-13(21)14(15,16)17/h3-7H,1-2H3. The molecule has 0 saturated carbocycles. The molecule has 1 aromatic carbocycles. The van der Waals surface area contributed by atoms with Crippen molar-refractivity contribution in [3.8, 4) is 5.69 Å². The van der Waals surface area contributed by atoms with Gasteiger partial charge >= 0.3 is 11.7 Å². The number of fused-ring (bicyclic) bond motifs is 1. The van der Waals surface area contributed by atoms with Gasteiger partial charge in [0.2, 0.25) is 11.5 Å². The van der Waals surface area contributed by atoms with E-state index in [1.807, 2.05) is 26.0 Å². The Hall–Kier alpha value is -2.64. The van der Waals surface area contributed by atoms with Crippen LogP contribution in [0.3, 0.4) is 0 Å². The summed E-state index contributed by atoms with van der Waals surface area (Å²) >= 11 is 0. The van der Waals surface area contributed by atoms with Gasteiger partial charge in [-0.3, -0.25) is 13.8 Å². The van der Waals surface area contributed by atoms with Crippen molar-refractivity contribution in [3.05, 3.63) is 57.9 Å². The number of hydrogen-bond donors (Lipinski definition) is 0. The number of aromatic nitrogens is 4. The highest BCUT2D eigenvalue weighted by Gasteiger charge is 2.37. The first kappa shape index (κ1) is 14.3. The van der Waals surface area contributed by atoms with E-state index in [0.717, 1.165) is 17.3 Å². The van der Waals surface area contributed by atoms with Crippen LogP contribution in [-0.2, 0) is 6.18 Å². The summed E-state index contributed by atoms with van der Waals surface area (Å²) in [6.45, 7) is 3.68. The molecule has 0 spiro atoms. The van der Waals surface area contributed by atoms with E-state index in [-0.39, 0.29) is 5.65 Å². The Morgan fingerprint density at radius 1 is 1.09 bits per heavy atom. The summed E-state index contributed by atoms with van der Waals surface area (Å²) in [7, 11) is 0. The quantitative estimate of drug-likeness (QED) is 0.694. The molecule has 0 bridgehead atoms. The van der Waals surface area contributed by atoms with Crippen LogP contribution in [0.4, 0.5) is 13.2 Å². The van der Waals surface area contributed by atoms with Crippen LogP contribution in [-0.4, -0.2) is 19.2 Å². The lowest BCUT2D eigenvalue weighted by molar-refractivity contribution is -0.145. The highest BCUT2D eigenvalue weighted by atomic mass is 19.4. The molecule has 0 unspecified atom stereocenters. The van der Waals surface area contributed by atoms with Crippen LogP contribution in [0.5, 0.6) is 0 Å². The van der Waals surface area contributed by atoms with Crippen LogP contribution >= 0.6 is 0 Å². The Morgan fingerprint density at radius 2 is 1.82 bits per heavy atom. The lowest BCUT2D eigenvalue weighted by atomic mass is 10.1. The smallest absolute Gasteiger partial charge is 0.279 e. The Morgan fingerprint density at radius 3 is 2.50 bits per heavy atom. The number of hydrogen-bond acceptors (Lipinski definition) is 3. The van der Waals surface area contributed by atoms with Crippen LogP contribution in [0, 0.1) is 13.8 Å². The van der Waals surface area contributed by atoms with E-state index >= 15 is 0 Å². The zero-order chi connectivity index (χ0) is 16.1. The summed E-state index contributed by atoms with van der Waals surface area (Å²) in [6, 6.07) is 5.52. The average Bonchev–Trinajstić information content (AvgIpc) is 2.87. The summed E-state index contributed by atoms with van der Waals surface area (Å²) in [5.74, 6) is -1.22. The first-order valence-electron chi connectivity index (χ1n) is 6.40. The second kappa shape index (κ2) is 4.69. The average molecular weight is 308 g/mol. The first-order valence-corrected chi connectivity index (χ1v) is 6.40. The van der Waals surface area contributed by atoms with Gasteiger partial charge < -0.3 is 0 Å². The summed E-state index contributed by atoms with van der Waals surface area (Å²) in [5.41, 5.74) is 1.34. The van der Waals surface area contributed by atoms with Crippen molar-refractivity contribution in [3.63, 3.8) is 0 Å². The third-order valence-electron chi connectivity index (χ3n) is 3.35. The van der Waals surface area contributed by atoms with Crippen LogP contribution in [0.2, 0.25) is 0 Å². The lowest BCUT2D eigenvalue weighted by Gasteiger charge is -2.10. The molecule has 2 heterocycles. The molecule has 0 N–H and O–H groups in total. The second-order valence-electron chi connectivity index (χ2n) is 4.98. The fourth-order valence-electron chi connectivity index (χ4n) is 2.25. The SMILES string of the molecule is Cc1ccc(C)c(-n2ccn3c(C(F)(F)F)nnc3c2=O)c1. The Kier molecular flexibility index (Phi) is 3.05. The molecule has 3 aromatic rings. The van der Waals surface area contributed by atoms with E-state index in [1.165, 1.54) is 10.8 Å². The fraction of sp³-hybridized carbons (Fsp3) is 0.214. The number of nitrogens with zero attached hydrogens (tertiary/aromatic N) is 4. The van der Waals surface area contributed by atoms with E-state index < -0.39 is 17.6 Å². The molecule has 0 fully saturated rings. The zero-order valence-corrected chi connectivity index (χ0v) is 11.7. The van der Waals surface area contributed by atoms with Gasteiger partial charge in [0, 0.05) is 12.4 Å². The molecule has 114 valence electrons. The van der Waals surface area contributed by atoms with Crippen molar-refractivity contribution in [2.75, 3.05) is 0 Å². The molecule has 0 radical (unpaired) electrons. The molecule has 0 saturated heterocycles. The second-order valence-corrected chi connectivity index (χ2v) is 4.98. The lowest BCUT2D eigenvalue weighted by Crippen LogP contribution is -2.22. The van der Waals surface area contributed by atoms with Gasteiger partial charge in [-0.2, -0.15) is 13.2 Å². The van der Waals surface area contributed by atoms with Gasteiger partial charge in [-0.25, -0.2) is 0 Å². The molecule has 0 amide bonds. The van der Waals surface area contributed by atoms with E-state index in [9.17, 15) is 18.0 Å². The maximum Gasteiger partial charge on any atom is 0.452 e. The summed E-state index contributed by atoms with van der Waals surface area (Å²) in [4.78, 5) is 12.4. The van der Waals surface area contributed by atoms with Crippen molar-refractivity contribution in [2.24, 2.45) is 0 Å². The van der Waals surface area contributed by atoms with E-state index in [0.29, 0.717) is 10.1 Å². The monoisotopic (exact) mass is 308 g/mol. The number of aryl methyl sites for hydroxylation is 2. The summed E-state index contributed by atoms with van der Waals surface area (Å²) in [6.07, 6.45) is -2.24. The molecular formula is C14H11F3N4O. The third-order valence-corrected chi connectivity index (χ3v) is 3.35. The van der Waals surface area contributed by atoms with Crippen molar-refractivity contribution in [2.45, 2.75) is 20.0 Å². The van der Waals surface area contributed by atoms with Crippen molar-refractivity contribution >= 4 is 5.65 Å². The molecule has 5 nitrogen and oxygen atoms in total. The van der Waals surface area contributed by atoms with Gasteiger partial charge in [-0.1, -0.05) is 12.1 Å². The van der Waals surface area contributed by atoms with E-state index in [1.54, 1.807) is 6.07 Å². The Bertz CT molecular complexity index is 924. The number of halogens is 3. The molecule has 22 heavy (non-hydrogen) atoms. The maximum atomic E-state index is 12.8. The summed E-state index contributed by atoms with van der Waals surface area (Å²) < 4.78 is 40.3. The van der Waals surface area contributed by atoms with Gasteiger partial charge in [0.15, 0.2) is 0 Å². The zero-order valence-electron chi connectivity index (χ0n) is 11.7. The van der Waals surface area contributed by atoms with Gasteiger partial charge in [0.1, 0.15) is 0 Å². The predicted octanol–water partition coefficient (Wildman–Crippen LogP) is 2.52. The van der Waals surface area contributed by atoms with Crippen molar-refractivity contribution in [1.29, 1.82) is 0 Å². The van der Waals surface area contributed by atoms with Gasteiger partial charge in [-0.05, 0) is 31.0 Å². The first-order chi connectivity index (χ1) is 10.3. The third kappa shape index (κ3) is 2.16. The van der Waals surface area contributed by atoms with Crippen molar-refractivity contribution < 1.29 is 13.2 Å². The molecule has 0 aliphatic heterocycles. The Balaban J connectivity index is 2.29. The number of rotatable bonds is 1. The highest BCUT2D eigenvalue weighted by molar-refractivity contribution is 5.46. The minimum atomic E-state index is -4.67. The molecule has 8 heteroatoms. The predicted molar refractivity (Wildman–Crippen MR) is 73.1 cm³/mol. The summed E-state index contributed by atoms with van der Waals surface area (Å²) in [5, 5.41) is 6.46. The molecule has 3 rings (SSSR count). The van der Waals surface area contributed by atoms with Crippen LogP contribution in [0.25, 0.3) is 11.3 Å². The van der Waals surface area contributed by atoms with E-state index in [2.05, 4.69) is 10.2 Å².